The van der Waals surface area contributed by atoms with Gasteiger partial charge in [0.25, 0.3) is 0 Å². The van der Waals surface area contributed by atoms with E-state index in [2.05, 4.69) is 41.0 Å². The predicted octanol–water partition coefficient (Wildman–Crippen LogP) is 3.09. The Morgan fingerprint density at radius 3 is 1.94 bits per heavy atom. The summed E-state index contributed by atoms with van der Waals surface area (Å²) in [6.07, 6.45) is 0. The minimum atomic E-state index is -3.52. The van der Waals surface area contributed by atoms with E-state index in [1.54, 1.807) is 21.1 Å². The summed E-state index contributed by atoms with van der Waals surface area (Å²) in [4.78, 5) is 2.40. The van der Waals surface area contributed by atoms with Gasteiger partial charge in [0.1, 0.15) is 0 Å². The standard InChI is InChI=1S/C23H30N6O2S/c1-17-16-18(2)29(26-17)22-11-10-21(24-25-22)27-12-14-28(15-13-27)32(30,31)20-8-6-19(7-9-20)23(3,4)5/h6-11,16H,12-15H2,1-5H3. The number of piperazine rings is 1. The first-order valence-electron chi connectivity index (χ1n) is 10.8. The molecule has 3 aromatic rings. The highest BCUT2D eigenvalue weighted by Crippen LogP contribution is 2.25. The summed E-state index contributed by atoms with van der Waals surface area (Å²) in [7, 11) is -3.52. The zero-order valence-electron chi connectivity index (χ0n) is 19.3. The van der Waals surface area contributed by atoms with Crippen molar-refractivity contribution < 1.29 is 8.42 Å². The molecule has 4 rings (SSSR count). The lowest BCUT2D eigenvalue weighted by Gasteiger charge is -2.34. The number of rotatable bonds is 4. The minimum Gasteiger partial charge on any atom is -0.352 e. The SMILES string of the molecule is Cc1cc(C)n(-c2ccc(N3CCN(S(=O)(=O)c4ccc(C(C)(C)C)cc4)CC3)nn2)n1. The summed E-state index contributed by atoms with van der Waals surface area (Å²) in [5, 5.41) is 13.1. The molecule has 0 saturated carbocycles. The molecule has 0 aliphatic carbocycles. The maximum atomic E-state index is 13.1. The van der Waals surface area contributed by atoms with Gasteiger partial charge in [-0.15, -0.1) is 10.2 Å². The minimum absolute atomic E-state index is 0.0144. The van der Waals surface area contributed by atoms with Gasteiger partial charge in [-0.05, 0) is 55.2 Å². The van der Waals surface area contributed by atoms with Crippen molar-refractivity contribution >= 4 is 15.8 Å². The van der Waals surface area contributed by atoms with E-state index in [0.29, 0.717) is 36.9 Å². The number of aryl methyl sites for hydroxylation is 2. The van der Waals surface area contributed by atoms with Crippen LogP contribution in [0.3, 0.4) is 0 Å². The van der Waals surface area contributed by atoms with Crippen molar-refractivity contribution in [3.05, 3.63) is 59.4 Å². The van der Waals surface area contributed by atoms with Crippen molar-refractivity contribution in [1.82, 2.24) is 24.3 Å². The van der Waals surface area contributed by atoms with Gasteiger partial charge in [-0.3, -0.25) is 0 Å². The van der Waals surface area contributed by atoms with E-state index < -0.39 is 10.0 Å². The first-order chi connectivity index (χ1) is 15.1. The molecule has 1 fully saturated rings. The second-order valence-corrected chi connectivity index (χ2v) is 11.2. The van der Waals surface area contributed by atoms with E-state index in [9.17, 15) is 8.42 Å². The average Bonchev–Trinajstić information content (AvgIpc) is 3.11. The second-order valence-electron chi connectivity index (χ2n) is 9.25. The first kappa shape index (κ1) is 22.4. The zero-order valence-corrected chi connectivity index (χ0v) is 20.1. The molecule has 1 aliphatic heterocycles. The van der Waals surface area contributed by atoms with E-state index in [1.165, 1.54) is 0 Å². The molecule has 8 nitrogen and oxygen atoms in total. The molecule has 1 aliphatic rings. The Balaban J connectivity index is 1.43. The van der Waals surface area contributed by atoms with Crippen LogP contribution in [0.2, 0.25) is 0 Å². The molecule has 0 bridgehead atoms. The fraction of sp³-hybridized carbons (Fsp3) is 0.435. The molecule has 0 unspecified atom stereocenters. The molecule has 1 aromatic carbocycles. The molecular formula is C23H30N6O2S. The lowest BCUT2D eigenvalue weighted by atomic mass is 9.87. The lowest BCUT2D eigenvalue weighted by Crippen LogP contribution is -2.49. The third-order valence-corrected chi connectivity index (χ3v) is 7.70. The first-order valence-corrected chi connectivity index (χ1v) is 12.2. The third kappa shape index (κ3) is 4.40. The maximum absolute atomic E-state index is 13.1. The number of benzene rings is 1. The third-order valence-electron chi connectivity index (χ3n) is 5.78. The number of hydrogen-bond donors (Lipinski definition) is 0. The number of nitrogens with zero attached hydrogens (tertiary/aromatic N) is 6. The van der Waals surface area contributed by atoms with Gasteiger partial charge in [-0.2, -0.15) is 9.40 Å². The molecule has 0 spiro atoms. The Bertz CT molecular complexity index is 1190. The number of sulfonamides is 1. The van der Waals surface area contributed by atoms with Crippen molar-refractivity contribution in [3.8, 4) is 5.82 Å². The summed E-state index contributed by atoms with van der Waals surface area (Å²) in [6, 6.07) is 13.0. The summed E-state index contributed by atoms with van der Waals surface area (Å²) in [6.45, 7) is 12.2. The largest absolute Gasteiger partial charge is 0.352 e. The van der Waals surface area contributed by atoms with Crippen molar-refractivity contribution in [1.29, 1.82) is 0 Å². The lowest BCUT2D eigenvalue weighted by molar-refractivity contribution is 0.383. The molecule has 0 amide bonds. The van der Waals surface area contributed by atoms with Crippen LogP contribution in [-0.4, -0.2) is 58.9 Å². The van der Waals surface area contributed by atoms with Crippen LogP contribution in [0.25, 0.3) is 5.82 Å². The maximum Gasteiger partial charge on any atom is 0.243 e. The summed E-state index contributed by atoms with van der Waals surface area (Å²) in [5.74, 6) is 1.40. The molecule has 0 atom stereocenters. The normalized spacial score (nSPS) is 15.8. The predicted molar refractivity (Wildman–Crippen MR) is 125 cm³/mol. The van der Waals surface area contributed by atoms with Gasteiger partial charge in [-0.1, -0.05) is 32.9 Å². The molecule has 32 heavy (non-hydrogen) atoms. The second kappa shape index (κ2) is 8.29. The highest BCUT2D eigenvalue weighted by Gasteiger charge is 2.29. The van der Waals surface area contributed by atoms with Crippen LogP contribution >= 0.6 is 0 Å². The van der Waals surface area contributed by atoms with Crippen LogP contribution in [-0.2, 0) is 15.4 Å². The Morgan fingerprint density at radius 2 is 1.44 bits per heavy atom. The van der Waals surface area contributed by atoms with Crippen molar-refractivity contribution in [2.24, 2.45) is 0 Å². The van der Waals surface area contributed by atoms with Gasteiger partial charge in [0, 0.05) is 31.9 Å². The summed E-state index contributed by atoms with van der Waals surface area (Å²) < 4.78 is 29.5. The van der Waals surface area contributed by atoms with Gasteiger partial charge in [0.05, 0.1) is 10.6 Å². The van der Waals surface area contributed by atoms with Gasteiger partial charge in [0.15, 0.2) is 11.6 Å². The van der Waals surface area contributed by atoms with Gasteiger partial charge >= 0.3 is 0 Å². The average molecular weight is 455 g/mol. The molecule has 1 saturated heterocycles. The van der Waals surface area contributed by atoms with Crippen LogP contribution in [0.4, 0.5) is 5.82 Å². The van der Waals surface area contributed by atoms with Crippen LogP contribution in [0, 0.1) is 13.8 Å². The Hall–Kier alpha value is -2.78. The molecule has 0 N–H and O–H groups in total. The van der Waals surface area contributed by atoms with E-state index >= 15 is 0 Å². The summed E-state index contributed by atoms with van der Waals surface area (Å²) in [5.41, 5.74) is 3.03. The van der Waals surface area contributed by atoms with Crippen LogP contribution in [0.5, 0.6) is 0 Å². The zero-order chi connectivity index (χ0) is 23.1. The van der Waals surface area contributed by atoms with E-state index in [4.69, 9.17) is 0 Å². The van der Waals surface area contributed by atoms with Crippen molar-refractivity contribution in [2.45, 2.75) is 44.9 Å². The molecule has 0 radical (unpaired) electrons. The number of aromatic nitrogens is 4. The Kier molecular flexibility index (Phi) is 5.81. The highest BCUT2D eigenvalue weighted by molar-refractivity contribution is 7.89. The highest BCUT2D eigenvalue weighted by atomic mass is 32.2. The van der Waals surface area contributed by atoms with E-state index in [-0.39, 0.29) is 5.41 Å². The molecular weight excluding hydrogens is 424 g/mol. The Morgan fingerprint density at radius 1 is 0.844 bits per heavy atom. The summed E-state index contributed by atoms with van der Waals surface area (Å²) >= 11 is 0. The quantitative estimate of drug-likeness (QED) is 0.602. The Labute approximate surface area is 189 Å². The van der Waals surface area contributed by atoms with Gasteiger partial charge in [0.2, 0.25) is 10.0 Å². The van der Waals surface area contributed by atoms with E-state index in [0.717, 1.165) is 22.8 Å². The van der Waals surface area contributed by atoms with Crippen molar-refractivity contribution in [2.75, 3.05) is 31.1 Å². The number of hydrogen-bond acceptors (Lipinski definition) is 6. The fourth-order valence-electron chi connectivity index (χ4n) is 3.89. The molecule has 9 heteroatoms. The topological polar surface area (TPSA) is 84.2 Å². The fourth-order valence-corrected chi connectivity index (χ4v) is 5.32. The number of anilines is 1. The monoisotopic (exact) mass is 454 g/mol. The van der Waals surface area contributed by atoms with Crippen molar-refractivity contribution in [3.63, 3.8) is 0 Å². The molecule has 3 heterocycles. The van der Waals surface area contributed by atoms with E-state index in [1.807, 2.05) is 44.2 Å². The van der Waals surface area contributed by atoms with Crippen LogP contribution in [0.1, 0.15) is 37.7 Å². The van der Waals surface area contributed by atoms with Crippen LogP contribution in [0.15, 0.2) is 47.4 Å². The molecule has 170 valence electrons. The van der Waals surface area contributed by atoms with Gasteiger partial charge in [-0.25, -0.2) is 13.1 Å². The van der Waals surface area contributed by atoms with Gasteiger partial charge < -0.3 is 4.90 Å². The molecule has 2 aromatic heterocycles. The van der Waals surface area contributed by atoms with Crippen LogP contribution < -0.4 is 4.90 Å². The smallest absolute Gasteiger partial charge is 0.243 e.